The number of amides is 2. The van der Waals surface area contributed by atoms with E-state index in [-0.39, 0.29) is 12.5 Å². The van der Waals surface area contributed by atoms with Gasteiger partial charge in [-0.3, -0.25) is 4.79 Å². The van der Waals surface area contributed by atoms with Crippen LogP contribution in [-0.2, 0) is 16.0 Å². The van der Waals surface area contributed by atoms with Crippen LogP contribution in [0.3, 0.4) is 0 Å². The number of rotatable bonds is 6. The van der Waals surface area contributed by atoms with E-state index in [1.54, 1.807) is 27.1 Å². The minimum atomic E-state index is -0.609. The lowest BCUT2D eigenvalue weighted by atomic mass is 9.97. The number of carbonyl (C=O) groups excluding carboxylic acids is 2. The molecule has 2 aromatic heterocycles. The molecule has 0 saturated carbocycles. The molecule has 1 aliphatic rings. The predicted molar refractivity (Wildman–Crippen MR) is 136 cm³/mol. The molecule has 1 atom stereocenters. The van der Waals surface area contributed by atoms with Crippen molar-refractivity contribution in [1.29, 1.82) is 0 Å². The van der Waals surface area contributed by atoms with Crippen LogP contribution in [0.5, 0.6) is 0 Å². The second kappa shape index (κ2) is 10.5. The standard InChI is InChI=1S/C25H31ClN6O3/c1-25(2,3)35-24(34)28-15-18(14-17-4-6-19(26)7-5-17)23(33)32-12-10-31(11-13-32)22-20-8-9-27-21(20)29-16-30-22/h4-9,16,18H,10-15H2,1-3H3,(H,28,34)(H,27,29,30). The number of carbonyl (C=O) groups is 2. The van der Waals surface area contributed by atoms with Crippen molar-refractivity contribution in [3.63, 3.8) is 0 Å². The number of fused-ring (bicyclic) bond motifs is 1. The highest BCUT2D eigenvalue weighted by Crippen LogP contribution is 2.24. The van der Waals surface area contributed by atoms with Gasteiger partial charge in [0.1, 0.15) is 23.4 Å². The molecule has 0 spiro atoms. The van der Waals surface area contributed by atoms with Crippen molar-refractivity contribution < 1.29 is 14.3 Å². The fourth-order valence-corrected chi connectivity index (χ4v) is 4.31. The third-order valence-electron chi connectivity index (χ3n) is 5.86. The molecule has 3 aromatic rings. The molecule has 10 heteroatoms. The van der Waals surface area contributed by atoms with Crippen LogP contribution in [0.4, 0.5) is 10.6 Å². The molecule has 2 N–H and O–H groups in total. The minimum absolute atomic E-state index is 0.00476. The van der Waals surface area contributed by atoms with E-state index < -0.39 is 17.6 Å². The molecule has 0 bridgehead atoms. The zero-order valence-corrected chi connectivity index (χ0v) is 21.0. The third kappa shape index (κ3) is 6.42. The Bertz CT molecular complexity index is 1170. The first kappa shape index (κ1) is 24.8. The van der Waals surface area contributed by atoms with Gasteiger partial charge in [0.25, 0.3) is 0 Å². The first-order valence-electron chi connectivity index (χ1n) is 11.7. The van der Waals surface area contributed by atoms with Gasteiger partial charge >= 0.3 is 6.09 Å². The number of nitrogens with zero attached hydrogens (tertiary/aromatic N) is 4. The summed E-state index contributed by atoms with van der Waals surface area (Å²) < 4.78 is 5.36. The smallest absolute Gasteiger partial charge is 0.407 e. The second-order valence-electron chi connectivity index (χ2n) is 9.66. The van der Waals surface area contributed by atoms with E-state index in [0.717, 1.165) is 22.4 Å². The number of hydrogen-bond donors (Lipinski definition) is 2. The number of anilines is 1. The zero-order chi connectivity index (χ0) is 25.0. The highest BCUT2D eigenvalue weighted by Gasteiger charge is 2.29. The van der Waals surface area contributed by atoms with Crippen LogP contribution in [0.15, 0.2) is 42.9 Å². The average Bonchev–Trinajstić information content (AvgIpc) is 3.31. The molecule has 1 saturated heterocycles. The lowest BCUT2D eigenvalue weighted by molar-refractivity contribution is -0.135. The van der Waals surface area contributed by atoms with Crippen molar-refractivity contribution in [2.24, 2.45) is 5.92 Å². The summed E-state index contributed by atoms with van der Waals surface area (Å²) in [6.07, 6.45) is 3.36. The van der Waals surface area contributed by atoms with Gasteiger partial charge in [-0.1, -0.05) is 23.7 Å². The molecule has 1 fully saturated rings. The van der Waals surface area contributed by atoms with Crippen LogP contribution in [0, 0.1) is 5.92 Å². The Morgan fingerprint density at radius 1 is 1.11 bits per heavy atom. The lowest BCUT2D eigenvalue weighted by Gasteiger charge is -2.37. The fraction of sp³-hybridized carbons (Fsp3) is 0.440. The van der Waals surface area contributed by atoms with E-state index in [1.165, 1.54) is 0 Å². The first-order valence-corrected chi connectivity index (χ1v) is 12.1. The Labute approximate surface area is 209 Å². The molecule has 4 rings (SSSR count). The lowest BCUT2D eigenvalue weighted by Crippen LogP contribution is -2.52. The summed E-state index contributed by atoms with van der Waals surface area (Å²) >= 11 is 6.03. The largest absolute Gasteiger partial charge is 0.444 e. The van der Waals surface area contributed by atoms with Crippen LogP contribution in [0.2, 0.25) is 5.02 Å². The van der Waals surface area contributed by atoms with Crippen LogP contribution < -0.4 is 10.2 Å². The molecular formula is C25H31ClN6O3. The Morgan fingerprint density at radius 3 is 2.51 bits per heavy atom. The van der Waals surface area contributed by atoms with E-state index in [1.807, 2.05) is 41.4 Å². The van der Waals surface area contributed by atoms with Crippen molar-refractivity contribution in [2.45, 2.75) is 32.8 Å². The zero-order valence-electron chi connectivity index (χ0n) is 20.3. The number of alkyl carbamates (subject to hydrolysis) is 1. The van der Waals surface area contributed by atoms with Gasteiger partial charge in [0.05, 0.1) is 11.3 Å². The monoisotopic (exact) mass is 498 g/mol. The van der Waals surface area contributed by atoms with E-state index in [9.17, 15) is 9.59 Å². The minimum Gasteiger partial charge on any atom is -0.444 e. The number of aromatic nitrogens is 3. The third-order valence-corrected chi connectivity index (χ3v) is 6.11. The molecule has 2 amide bonds. The van der Waals surface area contributed by atoms with Crippen molar-refractivity contribution in [3.05, 3.63) is 53.4 Å². The summed E-state index contributed by atoms with van der Waals surface area (Å²) in [5.74, 6) is 0.448. The molecule has 9 nitrogen and oxygen atoms in total. The molecule has 186 valence electrons. The Balaban J connectivity index is 1.42. The maximum Gasteiger partial charge on any atom is 0.407 e. The topological polar surface area (TPSA) is 103 Å². The van der Waals surface area contributed by atoms with E-state index >= 15 is 0 Å². The van der Waals surface area contributed by atoms with Gasteiger partial charge in [0.15, 0.2) is 0 Å². The number of H-pyrrole nitrogens is 1. The van der Waals surface area contributed by atoms with Gasteiger partial charge in [0.2, 0.25) is 5.91 Å². The summed E-state index contributed by atoms with van der Waals surface area (Å²) in [6.45, 7) is 8.07. The molecule has 35 heavy (non-hydrogen) atoms. The van der Waals surface area contributed by atoms with E-state index in [0.29, 0.717) is 37.6 Å². The molecule has 1 aliphatic heterocycles. The number of nitrogens with one attached hydrogen (secondary N) is 2. The summed E-state index contributed by atoms with van der Waals surface area (Å²) in [5.41, 5.74) is 1.17. The van der Waals surface area contributed by atoms with Gasteiger partial charge in [0, 0.05) is 43.9 Å². The summed E-state index contributed by atoms with van der Waals surface area (Å²) in [5, 5.41) is 4.38. The number of aromatic amines is 1. The summed E-state index contributed by atoms with van der Waals surface area (Å²) in [7, 11) is 0. The van der Waals surface area contributed by atoms with Gasteiger partial charge in [-0.2, -0.15) is 0 Å². The van der Waals surface area contributed by atoms with Crippen molar-refractivity contribution in [3.8, 4) is 0 Å². The van der Waals surface area contributed by atoms with Gasteiger partial charge in [-0.15, -0.1) is 0 Å². The Kier molecular flexibility index (Phi) is 7.45. The normalized spacial score (nSPS) is 15.2. The Hall–Kier alpha value is -3.33. The summed E-state index contributed by atoms with van der Waals surface area (Å²) in [6, 6.07) is 9.40. The van der Waals surface area contributed by atoms with Crippen LogP contribution in [0.1, 0.15) is 26.3 Å². The van der Waals surface area contributed by atoms with Gasteiger partial charge in [-0.05, 0) is 51.0 Å². The number of piperazine rings is 1. The molecule has 1 aromatic carbocycles. The first-order chi connectivity index (χ1) is 16.7. The van der Waals surface area contributed by atoms with Crippen LogP contribution in [0.25, 0.3) is 11.0 Å². The van der Waals surface area contributed by atoms with Gasteiger partial charge < -0.3 is 24.8 Å². The van der Waals surface area contributed by atoms with Crippen LogP contribution >= 0.6 is 11.6 Å². The van der Waals surface area contributed by atoms with E-state index in [2.05, 4.69) is 25.2 Å². The SMILES string of the molecule is CC(C)(C)OC(=O)NCC(Cc1ccc(Cl)cc1)C(=O)N1CCN(c2ncnc3[nH]ccc23)CC1. The van der Waals surface area contributed by atoms with Crippen molar-refractivity contribution in [1.82, 2.24) is 25.2 Å². The fourth-order valence-electron chi connectivity index (χ4n) is 4.18. The van der Waals surface area contributed by atoms with Crippen LogP contribution in [-0.4, -0.2) is 70.2 Å². The number of ether oxygens (including phenoxy) is 1. The maximum absolute atomic E-state index is 13.5. The molecular weight excluding hydrogens is 468 g/mol. The second-order valence-corrected chi connectivity index (χ2v) is 10.1. The highest BCUT2D eigenvalue weighted by molar-refractivity contribution is 6.30. The molecule has 0 aliphatic carbocycles. The quantitative estimate of drug-likeness (QED) is 0.537. The van der Waals surface area contributed by atoms with Crippen molar-refractivity contribution >= 4 is 40.5 Å². The molecule has 0 radical (unpaired) electrons. The molecule has 3 heterocycles. The van der Waals surface area contributed by atoms with Crippen molar-refractivity contribution in [2.75, 3.05) is 37.6 Å². The maximum atomic E-state index is 13.5. The Morgan fingerprint density at radius 2 is 1.83 bits per heavy atom. The molecule has 1 unspecified atom stereocenters. The summed E-state index contributed by atoms with van der Waals surface area (Å²) in [4.78, 5) is 41.7. The predicted octanol–water partition coefficient (Wildman–Crippen LogP) is 3.64. The number of hydrogen-bond acceptors (Lipinski definition) is 6. The average molecular weight is 499 g/mol. The number of halogens is 1. The highest BCUT2D eigenvalue weighted by atomic mass is 35.5. The van der Waals surface area contributed by atoms with E-state index in [4.69, 9.17) is 16.3 Å². The van der Waals surface area contributed by atoms with Gasteiger partial charge in [-0.25, -0.2) is 14.8 Å². The number of benzene rings is 1.